The van der Waals surface area contributed by atoms with Crippen molar-refractivity contribution in [3.63, 3.8) is 0 Å². The molecule has 1 saturated carbocycles. The highest BCUT2D eigenvalue weighted by Gasteiger charge is 2.36. The Bertz CT molecular complexity index is 467. The van der Waals surface area contributed by atoms with Crippen molar-refractivity contribution in [2.75, 3.05) is 24.3 Å². The van der Waals surface area contributed by atoms with Crippen LogP contribution in [0, 0.1) is 5.92 Å². The lowest BCUT2D eigenvalue weighted by atomic mass is 10.1. The lowest BCUT2D eigenvalue weighted by molar-refractivity contribution is -0.144. The molecule has 1 aromatic rings. The third-order valence-corrected chi connectivity index (χ3v) is 3.46. The molecule has 8 heteroatoms. The molecule has 0 saturated heterocycles. The zero-order valence-electron chi connectivity index (χ0n) is 11.0. The molecule has 0 amide bonds. The third-order valence-electron chi connectivity index (χ3n) is 3.46. The second-order valence-corrected chi connectivity index (χ2v) is 4.83. The van der Waals surface area contributed by atoms with Crippen LogP contribution in [0.2, 0.25) is 0 Å². The molecule has 112 valence electrons. The Labute approximate surface area is 114 Å². The number of halogens is 3. The average Bonchev–Trinajstić information content (AvgIpc) is 2.84. The number of anilines is 2. The monoisotopic (exact) mass is 290 g/mol. The van der Waals surface area contributed by atoms with Gasteiger partial charge in [0.2, 0.25) is 5.82 Å². The van der Waals surface area contributed by atoms with Crippen molar-refractivity contribution < 1.29 is 18.3 Å². The van der Waals surface area contributed by atoms with E-state index in [2.05, 4.69) is 20.6 Å². The average molecular weight is 290 g/mol. The predicted molar refractivity (Wildman–Crippen MR) is 68.4 cm³/mol. The quantitative estimate of drug-likeness (QED) is 0.792. The Morgan fingerprint density at radius 1 is 1.30 bits per heavy atom. The van der Waals surface area contributed by atoms with E-state index in [1.807, 2.05) is 0 Å². The first-order valence-corrected chi connectivity index (χ1v) is 6.45. The van der Waals surface area contributed by atoms with Gasteiger partial charge in [-0.25, -0.2) is 9.97 Å². The number of aromatic nitrogens is 2. The van der Waals surface area contributed by atoms with Gasteiger partial charge in [-0.3, -0.25) is 0 Å². The maximum absolute atomic E-state index is 12.7. The van der Waals surface area contributed by atoms with Gasteiger partial charge in [0.25, 0.3) is 0 Å². The van der Waals surface area contributed by atoms with E-state index in [9.17, 15) is 18.3 Å². The van der Waals surface area contributed by atoms with Crippen molar-refractivity contribution >= 4 is 11.6 Å². The fraction of sp³-hybridized carbons (Fsp3) is 0.667. The summed E-state index contributed by atoms with van der Waals surface area (Å²) in [4.78, 5) is 6.92. The Balaban J connectivity index is 2.22. The number of hydrogen-bond acceptors (Lipinski definition) is 5. The van der Waals surface area contributed by atoms with Crippen LogP contribution >= 0.6 is 0 Å². The van der Waals surface area contributed by atoms with Crippen LogP contribution in [-0.4, -0.2) is 34.8 Å². The van der Waals surface area contributed by atoms with Crippen molar-refractivity contribution in [3.05, 3.63) is 11.9 Å². The lowest BCUT2D eigenvalue weighted by Gasteiger charge is -2.20. The van der Waals surface area contributed by atoms with Crippen molar-refractivity contribution in [2.45, 2.75) is 31.5 Å². The van der Waals surface area contributed by atoms with Crippen molar-refractivity contribution in [1.29, 1.82) is 0 Å². The Morgan fingerprint density at radius 3 is 2.60 bits per heavy atom. The van der Waals surface area contributed by atoms with Crippen molar-refractivity contribution in [2.24, 2.45) is 5.92 Å². The van der Waals surface area contributed by atoms with Crippen molar-refractivity contribution in [3.8, 4) is 0 Å². The Kier molecular flexibility index (Phi) is 4.32. The summed E-state index contributed by atoms with van der Waals surface area (Å²) < 4.78 is 38.2. The van der Waals surface area contributed by atoms with Crippen LogP contribution in [0.25, 0.3) is 0 Å². The highest BCUT2D eigenvalue weighted by Crippen LogP contribution is 2.31. The van der Waals surface area contributed by atoms with Crippen LogP contribution < -0.4 is 10.6 Å². The van der Waals surface area contributed by atoms with Crippen LogP contribution in [-0.2, 0) is 6.18 Å². The van der Waals surface area contributed by atoms with Gasteiger partial charge in [0.05, 0.1) is 0 Å². The number of aliphatic hydroxyl groups excluding tert-OH is 1. The van der Waals surface area contributed by atoms with E-state index in [4.69, 9.17) is 0 Å². The summed E-state index contributed by atoms with van der Waals surface area (Å²) in [6.07, 6.45) is -1.97. The topological polar surface area (TPSA) is 70.1 Å². The molecule has 1 aromatic heterocycles. The minimum absolute atomic E-state index is 0.0216. The molecule has 2 rings (SSSR count). The van der Waals surface area contributed by atoms with Gasteiger partial charge >= 0.3 is 6.18 Å². The lowest BCUT2D eigenvalue weighted by Crippen LogP contribution is -2.27. The zero-order valence-corrected chi connectivity index (χ0v) is 11.0. The van der Waals surface area contributed by atoms with Gasteiger partial charge < -0.3 is 15.7 Å². The van der Waals surface area contributed by atoms with Gasteiger partial charge in [0.1, 0.15) is 11.6 Å². The van der Waals surface area contributed by atoms with E-state index in [0.717, 1.165) is 19.3 Å². The molecule has 5 nitrogen and oxygen atoms in total. The second kappa shape index (κ2) is 5.82. The van der Waals surface area contributed by atoms with Gasteiger partial charge in [-0.1, -0.05) is 6.42 Å². The second-order valence-electron chi connectivity index (χ2n) is 4.83. The fourth-order valence-corrected chi connectivity index (χ4v) is 2.41. The van der Waals surface area contributed by atoms with E-state index in [0.29, 0.717) is 0 Å². The standard InChI is InChI=1S/C12H17F3N4O/c1-16-9-5-10(19-11(18-9)12(13,14)15)17-8-4-2-3-7(8)6-20/h5,7-8,20H,2-4,6H2,1H3,(H2,16,17,18,19). The van der Waals surface area contributed by atoms with Crippen LogP contribution in [0.3, 0.4) is 0 Å². The molecule has 0 radical (unpaired) electrons. The van der Waals surface area contributed by atoms with Gasteiger partial charge in [-0.05, 0) is 12.8 Å². The van der Waals surface area contributed by atoms with Gasteiger partial charge in [-0.15, -0.1) is 0 Å². The molecule has 1 heterocycles. The van der Waals surface area contributed by atoms with Crippen LogP contribution in [0.15, 0.2) is 6.07 Å². The number of hydrogen-bond donors (Lipinski definition) is 3. The number of rotatable bonds is 4. The van der Waals surface area contributed by atoms with E-state index in [-0.39, 0.29) is 30.2 Å². The van der Waals surface area contributed by atoms with Gasteiger partial charge in [0, 0.05) is 31.7 Å². The molecule has 20 heavy (non-hydrogen) atoms. The molecule has 1 aliphatic rings. The Hall–Kier alpha value is -1.57. The highest BCUT2D eigenvalue weighted by atomic mass is 19.4. The van der Waals surface area contributed by atoms with Crippen LogP contribution in [0.1, 0.15) is 25.1 Å². The van der Waals surface area contributed by atoms with E-state index < -0.39 is 12.0 Å². The maximum Gasteiger partial charge on any atom is 0.451 e. The molecule has 0 bridgehead atoms. The van der Waals surface area contributed by atoms with E-state index in [1.165, 1.54) is 13.1 Å². The smallest absolute Gasteiger partial charge is 0.396 e. The predicted octanol–water partition coefficient (Wildman–Crippen LogP) is 2.11. The highest BCUT2D eigenvalue weighted by molar-refractivity contribution is 5.48. The molecule has 0 spiro atoms. The largest absolute Gasteiger partial charge is 0.451 e. The van der Waals surface area contributed by atoms with Crippen LogP contribution in [0.4, 0.5) is 24.8 Å². The Morgan fingerprint density at radius 2 is 2.00 bits per heavy atom. The maximum atomic E-state index is 12.7. The summed E-state index contributed by atoms with van der Waals surface area (Å²) >= 11 is 0. The normalized spacial score (nSPS) is 22.9. The van der Waals surface area contributed by atoms with E-state index >= 15 is 0 Å². The number of aliphatic hydroxyl groups is 1. The summed E-state index contributed by atoms with van der Waals surface area (Å²) in [6.45, 7) is 0.0216. The molecule has 0 aliphatic heterocycles. The minimum atomic E-state index is -4.59. The number of nitrogens with one attached hydrogen (secondary N) is 2. The minimum Gasteiger partial charge on any atom is -0.396 e. The molecule has 3 N–H and O–H groups in total. The first-order valence-electron chi connectivity index (χ1n) is 6.45. The molecule has 0 aromatic carbocycles. The van der Waals surface area contributed by atoms with Crippen LogP contribution in [0.5, 0.6) is 0 Å². The molecule has 2 atom stereocenters. The SMILES string of the molecule is CNc1cc(NC2CCCC2CO)nc(C(F)(F)F)n1. The molecule has 1 aliphatic carbocycles. The molecule has 2 unspecified atom stereocenters. The summed E-state index contributed by atoms with van der Waals surface area (Å²) in [5, 5.41) is 14.8. The van der Waals surface area contributed by atoms with E-state index in [1.54, 1.807) is 0 Å². The summed E-state index contributed by atoms with van der Waals surface area (Å²) in [5.41, 5.74) is 0. The molecular weight excluding hydrogens is 273 g/mol. The van der Waals surface area contributed by atoms with Crippen molar-refractivity contribution in [1.82, 2.24) is 9.97 Å². The zero-order chi connectivity index (χ0) is 14.8. The molecule has 1 fully saturated rings. The fourth-order valence-electron chi connectivity index (χ4n) is 2.41. The summed E-state index contributed by atoms with van der Waals surface area (Å²) in [7, 11) is 1.50. The number of nitrogens with zero attached hydrogens (tertiary/aromatic N) is 2. The first-order chi connectivity index (χ1) is 9.44. The summed E-state index contributed by atoms with van der Waals surface area (Å²) in [6, 6.07) is 1.38. The van der Waals surface area contributed by atoms with Gasteiger partial charge in [0.15, 0.2) is 0 Å². The number of alkyl halides is 3. The summed E-state index contributed by atoms with van der Waals surface area (Å²) in [5.74, 6) is -0.891. The third kappa shape index (κ3) is 3.30. The van der Waals surface area contributed by atoms with Gasteiger partial charge in [-0.2, -0.15) is 13.2 Å². The molecular formula is C12H17F3N4O. The first kappa shape index (κ1) is 14.8.